The normalized spacial score (nSPS) is 17.0. The van der Waals surface area contributed by atoms with E-state index in [0.29, 0.717) is 12.0 Å². The van der Waals surface area contributed by atoms with E-state index in [9.17, 15) is 4.79 Å². The molecule has 1 aliphatic rings. The molecular formula is C14H22N2O2S. The summed E-state index contributed by atoms with van der Waals surface area (Å²) in [6.07, 6.45) is 6.15. The molecule has 0 unspecified atom stereocenters. The van der Waals surface area contributed by atoms with Gasteiger partial charge < -0.3 is 5.11 Å². The fraction of sp³-hybridized carbons (Fsp3) is 0.714. The first-order valence-electron chi connectivity index (χ1n) is 7.02. The Balaban J connectivity index is 2.19. The average molecular weight is 282 g/mol. The molecule has 0 radical (unpaired) electrons. The van der Waals surface area contributed by atoms with Crippen molar-refractivity contribution in [3.05, 3.63) is 11.8 Å². The van der Waals surface area contributed by atoms with Crippen LogP contribution in [0.2, 0.25) is 0 Å². The van der Waals surface area contributed by atoms with Gasteiger partial charge in [0.1, 0.15) is 0 Å². The van der Waals surface area contributed by atoms with Crippen molar-refractivity contribution >= 4 is 17.7 Å². The first-order chi connectivity index (χ1) is 9.08. The lowest BCUT2D eigenvalue weighted by Crippen LogP contribution is -2.15. The minimum absolute atomic E-state index is 0.107. The molecule has 19 heavy (non-hydrogen) atoms. The Hall–Kier alpha value is -0.970. The predicted molar refractivity (Wildman–Crippen MR) is 76.8 cm³/mol. The molecule has 1 N–H and O–H groups in total. The van der Waals surface area contributed by atoms with E-state index in [-0.39, 0.29) is 5.75 Å². The van der Waals surface area contributed by atoms with Gasteiger partial charge in [-0.25, -0.2) is 0 Å². The summed E-state index contributed by atoms with van der Waals surface area (Å²) in [5.74, 6) is -0.280. The van der Waals surface area contributed by atoms with Gasteiger partial charge >= 0.3 is 5.97 Å². The van der Waals surface area contributed by atoms with E-state index in [4.69, 9.17) is 10.2 Å². The quantitative estimate of drug-likeness (QED) is 0.837. The summed E-state index contributed by atoms with van der Waals surface area (Å²) < 4.78 is 2.09. The Morgan fingerprint density at radius 2 is 2.16 bits per heavy atom. The molecule has 0 saturated heterocycles. The van der Waals surface area contributed by atoms with Gasteiger partial charge in [0.15, 0.2) is 0 Å². The minimum Gasteiger partial charge on any atom is -0.481 e. The highest BCUT2D eigenvalue weighted by Crippen LogP contribution is 2.33. The van der Waals surface area contributed by atoms with Crippen LogP contribution in [0.3, 0.4) is 0 Å². The maximum absolute atomic E-state index is 10.8. The Bertz CT molecular complexity index is 437. The summed E-state index contributed by atoms with van der Waals surface area (Å²) >= 11 is 1.39. The number of aliphatic carboxylic acids is 1. The Morgan fingerprint density at radius 3 is 2.74 bits per heavy atom. The molecule has 1 fully saturated rings. The molecule has 106 valence electrons. The molecule has 1 aliphatic carbocycles. The van der Waals surface area contributed by atoms with Crippen LogP contribution in [-0.4, -0.2) is 26.6 Å². The predicted octanol–water partition coefficient (Wildman–Crippen LogP) is 3.69. The molecule has 0 atom stereocenters. The van der Waals surface area contributed by atoms with Crippen LogP contribution in [0.25, 0.3) is 0 Å². The second-order valence-corrected chi connectivity index (χ2v) is 6.48. The lowest BCUT2D eigenvalue weighted by atomic mass is 9.96. The van der Waals surface area contributed by atoms with Gasteiger partial charge in [-0.1, -0.05) is 44.9 Å². The first-order valence-corrected chi connectivity index (χ1v) is 8.00. The van der Waals surface area contributed by atoms with Crippen LogP contribution in [0.1, 0.15) is 63.6 Å². The zero-order valence-electron chi connectivity index (χ0n) is 11.6. The molecule has 4 nitrogen and oxygen atoms in total. The number of hydrogen-bond acceptors (Lipinski definition) is 3. The Labute approximate surface area is 118 Å². The zero-order chi connectivity index (χ0) is 13.8. The average Bonchev–Trinajstić information content (AvgIpc) is 2.81. The molecule has 1 saturated carbocycles. The molecule has 0 bridgehead atoms. The standard InChI is InChI=1S/C14H22N2O2S/c1-10(2)12-8-13(19-9-14(17)18)16(15-12)11-6-4-3-5-7-11/h8,10-11H,3-7,9H2,1-2H3,(H,17,18). The maximum atomic E-state index is 10.8. The smallest absolute Gasteiger partial charge is 0.313 e. The van der Waals surface area contributed by atoms with Crippen LogP contribution in [0.15, 0.2) is 11.1 Å². The third-order valence-electron chi connectivity index (χ3n) is 3.58. The molecule has 0 aromatic carbocycles. The molecule has 1 heterocycles. The number of rotatable bonds is 5. The highest BCUT2D eigenvalue weighted by atomic mass is 32.2. The van der Waals surface area contributed by atoms with Gasteiger partial charge in [0.25, 0.3) is 0 Å². The van der Waals surface area contributed by atoms with E-state index in [1.165, 1.54) is 43.9 Å². The van der Waals surface area contributed by atoms with Crippen LogP contribution in [0.5, 0.6) is 0 Å². The van der Waals surface area contributed by atoms with Gasteiger partial charge in [-0.15, -0.1) is 0 Å². The number of hydrogen-bond donors (Lipinski definition) is 1. The molecule has 1 aromatic rings. The molecule has 5 heteroatoms. The van der Waals surface area contributed by atoms with Crippen molar-refractivity contribution in [1.82, 2.24) is 9.78 Å². The number of nitrogens with zero attached hydrogens (tertiary/aromatic N) is 2. The maximum Gasteiger partial charge on any atom is 0.313 e. The second kappa shape index (κ2) is 6.46. The van der Waals surface area contributed by atoms with E-state index < -0.39 is 5.97 Å². The van der Waals surface area contributed by atoms with Gasteiger partial charge in [0.05, 0.1) is 22.5 Å². The van der Waals surface area contributed by atoms with Gasteiger partial charge in [0.2, 0.25) is 0 Å². The molecular weight excluding hydrogens is 260 g/mol. The van der Waals surface area contributed by atoms with E-state index in [2.05, 4.69) is 24.6 Å². The van der Waals surface area contributed by atoms with Gasteiger partial charge in [-0.2, -0.15) is 5.10 Å². The highest BCUT2D eigenvalue weighted by Gasteiger charge is 2.21. The summed E-state index contributed by atoms with van der Waals surface area (Å²) in [5.41, 5.74) is 1.07. The SMILES string of the molecule is CC(C)c1cc(SCC(=O)O)n(C2CCCCC2)n1. The molecule has 0 spiro atoms. The molecule has 0 amide bonds. The zero-order valence-corrected chi connectivity index (χ0v) is 12.4. The third kappa shape index (κ3) is 3.75. The number of thioether (sulfide) groups is 1. The van der Waals surface area contributed by atoms with E-state index in [1.807, 2.05) is 0 Å². The number of carbonyl (C=O) groups is 1. The lowest BCUT2D eigenvalue weighted by molar-refractivity contribution is -0.133. The van der Waals surface area contributed by atoms with Crippen LogP contribution >= 0.6 is 11.8 Å². The van der Waals surface area contributed by atoms with Crippen molar-refractivity contribution < 1.29 is 9.90 Å². The summed E-state index contributed by atoms with van der Waals surface area (Å²) in [5, 5.41) is 14.6. The van der Waals surface area contributed by atoms with Crippen molar-refractivity contribution in [3.8, 4) is 0 Å². The van der Waals surface area contributed by atoms with Crippen LogP contribution in [-0.2, 0) is 4.79 Å². The summed E-state index contributed by atoms with van der Waals surface area (Å²) in [4.78, 5) is 10.8. The van der Waals surface area contributed by atoms with Crippen molar-refractivity contribution in [2.24, 2.45) is 0 Å². The topological polar surface area (TPSA) is 55.1 Å². The Morgan fingerprint density at radius 1 is 1.47 bits per heavy atom. The molecule has 2 rings (SSSR count). The monoisotopic (exact) mass is 282 g/mol. The van der Waals surface area contributed by atoms with Gasteiger partial charge in [-0.3, -0.25) is 9.48 Å². The molecule has 0 aliphatic heterocycles. The van der Waals surface area contributed by atoms with Crippen LogP contribution in [0.4, 0.5) is 0 Å². The first kappa shape index (κ1) is 14.4. The number of carboxylic acid groups (broad SMARTS) is 1. The fourth-order valence-electron chi connectivity index (χ4n) is 2.51. The Kier molecular flexibility index (Phi) is 4.91. The summed E-state index contributed by atoms with van der Waals surface area (Å²) in [6, 6.07) is 2.52. The van der Waals surface area contributed by atoms with Gasteiger partial charge in [-0.05, 0) is 24.8 Å². The summed E-state index contributed by atoms with van der Waals surface area (Å²) in [7, 11) is 0. The number of carboxylic acids is 1. The minimum atomic E-state index is -0.771. The van der Waals surface area contributed by atoms with Crippen LogP contribution in [0, 0.1) is 0 Å². The second-order valence-electron chi connectivity index (χ2n) is 5.48. The van der Waals surface area contributed by atoms with E-state index in [0.717, 1.165) is 10.7 Å². The van der Waals surface area contributed by atoms with E-state index in [1.54, 1.807) is 0 Å². The van der Waals surface area contributed by atoms with Crippen molar-refractivity contribution in [1.29, 1.82) is 0 Å². The molecule has 1 aromatic heterocycles. The van der Waals surface area contributed by atoms with Gasteiger partial charge in [0, 0.05) is 0 Å². The van der Waals surface area contributed by atoms with E-state index >= 15 is 0 Å². The summed E-state index contributed by atoms with van der Waals surface area (Å²) in [6.45, 7) is 4.25. The van der Waals surface area contributed by atoms with Crippen molar-refractivity contribution in [3.63, 3.8) is 0 Å². The number of aromatic nitrogens is 2. The largest absolute Gasteiger partial charge is 0.481 e. The fourth-order valence-corrected chi connectivity index (χ4v) is 3.31. The van der Waals surface area contributed by atoms with Crippen molar-refractivity contribution in [2.75, 3.05) is 5.75 Å². The van der Waals surface area contributed by atoms with Crippen molar-refractivity contribution in [2.45, 2.75) is 62.9 Å². The van der Waals surface area contributed by atoms with Crippen LogP contribution < -0.4 is 0 Å². The highest BCUT2D eigenvalue weighted by molar-refractivity contribution is 7.99. The lowest BCUT2D eigenvalue weighted by Gasteiger charge is -2.23. The third-order valence-corrected chi connectivity index (χ3v) is 4.57.